The summed E-state index contributed by atoms with van der Waals surface area (Å²) in [6.07, 6.45) is 1.25. The number of hydrogen-bond acceptors (Lipinski definition) is 3. The highest BCUT2D eigenvalue weighted by Crippen LogP contribution is 2.22. The van der Waals surface area contributed by atoms with Gasteiger partial charge in [0.25, 0.3) is 0 Å². The first-order valence-corrected chi connectivity index (χ1v) is 6.07. The van der Waals surface area contributed by atoms with Crippen LogP contribution in [0.2, 0.25) is 0 Å². The van der Waals surface area contributed by atoms with E-state index < -0.39 is 0 Å². The fourth-order valence-electron chi connectivity index (χ4n) is 1.32. The van der Waals surface area contributed by atoms with Crippen molar-refractivity contribution < 1.29 is 9.53 Å². The van der Waals surface area contributed by atoms with Gasteiger partial charge in [0.1, 0.15) is 5.75 Å². The molecule has 6 heteroatoms. The fourth-order valence-corrected chi connectivity index (χ4v) is 1.48. The minimum absolute atomic E-state index is 0.0957. The predicted octanol–water partition coefficient (Wildman–Crippen LogP) is 1.81. The third kappa shape index (κ3) is 4.58. The van der Waals surface area contributed by atoms with Crippen molar-refractivity contribution in [2.75, 3.05) is 12.4 Å². The lowest BCUT2D eigenvalue weighted by Gasteiger charge is -2.13. The number of carbonyl (C=O) groups excluding carboxylic acids is 1. The van der Waals surface area contributed by atoms with Crippen molar-refractivity contribution in [2.45, 2.75) is 19.8 Å². The highest BCUT2D eigenvalue weighted by Gasteiger charge is 2.04. The molecule has 0 saturated carbocycles. The highest BCUT2D eigenvalue weighted by molar-refractivity contribution is 7.80. The Morgan fingerprint density at radius 1 is 1.33 bits per heavy atom. The second-order valence-corrected chi connectivity index (χ2v) is 3.99. The van der Waals surface area contributed by atoms with Crippen molar-refractivity contribution in [3.63, 3.8) is 0 Å². The number of anilines is 1. The summed E-state index contributed by atoms with van der Waals surface area (Å²) in [5.41, 5.74) is 5.88. The van der Waals surface area contributed by atoms with Gasteiger partial charge in [-0.25, -0.2) is 0 Å². The number of rotatable bonds is 4. The second kappa shape index (κ2) is 7.50. The number of ether oxygens (including phenoxy) is 1. The minimum atomic E-state index is -0.0957. The lowest BCUT2D eigenvalue weighted by atomic mass is 10.3. The molecule has 98 valence electrons. The van der Waals surface area contributed by atoms with Crippen molar-refractivity contribution in [2.24, 2.45) is 0 Å². The van der Waals surface area contributed by atoms with Crippen LogP contribution in [0, 0.1) is 0 Å². The Morgan fingerprint density at radius 3 is 2.72 bits per heavy atom. The Morgan fingerprint density at radius 2 is 2.06 bits per heavy atom. The van der Waals surface area contributed by atoms with Gasteiger partial charge in [0.05, 0.1) is 12.8 Å². The number of benzene rings is 1. The molecule has 0 aliphatic heterocycles. The van der Waals surface area contributed by atoms with Crippen molar-refractivity contribution in [3.05, 3.63) is 24.3 Å². The average molecular weight is 267 g/mol. The minimum Gasteiger partial charge on any atom is -0.495 e. The Kier molecular flexibility index (Phi) is 5.93. The molecule has 1 aromatic carbocycles. The molecule has 3 N–H and O–H groups in total. The predicted molar refractivity (Wildman–Crippen MR) is 75.4 cm³/mol. The zero-order valence-corrected chi connectivity index (χ0v) is 11.3. The fraction of sp³-hybridized carbons (Fsp3) is 0.333. The zero-order chi connectivity index (χ0) is 13.4. The summed E-state index contributed by atoms with van der Waals surface area (Å²) in [6, 6.07) is 7.38. The molecule has 0 radical (unpaired) electrons. The van der Waals surface area contributed by atoms with E-state index in [0.29, 0.717) is 17.3 Å². The zero-order valence-electron chi connectivity index (χ0n) is 10.4. The third-order valence-electron chi connectivity index (χ3n) is 2.15. The average Bonchev–Trinajstić information content (AvgIpc) is 2.37. The summed E-state index contributed by atoms with van der Waals surface area (Å²) in [5, 5.41) is 3.25. The van der Waals surface area contributed by atoms with E-state index in [2.05, 4.69) is 16.2 Å². The molecule has 1 rings (SSSR count). The van der Waals surface area contributed by atoms with Gasteiger partial charge >= 0.3 is 0 Å². The number of carbonyl (C=O) groups is 1. The van der Waals surface area contributed by atoms with Crippen LogP contribution in [0.25, 0.3) is 0 Å². The number of thiocarbonyl (C=S) groups is 1. The van der Waals surface area contributed by atoms with E-state index in [0.717, 1.165) is 12.1 Å². The van der Waals surface area contributed by atoms with Crippen molar-refractivity contribution >= 4 is 28.9 Å². The number of nitrogens with one attached hydrogen (secondary N) is 3. The molecule has 1 amide bonds. The van der Waals surface area contributed by atoms with Gasteiger partial charge < -0.3 is 10.1 Å². The number of methoxy groups -OCH3 is 1. The van der Waals surface area contributed by atoms with Crippen LogP contribution >= 0.6 is 12.2 Å². The first-order chi connectivity index (χ1) is 8.67. The van der Waals surface area contributed by atoms with Crippen LogP contribution in [0.5, 0.6) is 5.75 Å². The molecule has 0 aliphatic carbocycles. The number of hydrazine groups is 1. The first kappa shape index (κ1) is 14.2. The van der Waals surface area contributed by atoms with Gasteiger partial charge in [-0.3, -0.25) is 15.6 Å². The van der Waals surface area contributed by atoms with E-state index in [1.54, 1.807) is 7.11 Å². The maximum atomic E-state index is 11.2. The standard InChI is InChI=1S/C12H17N3O2S/c1-3-6-11(16)14-15-12(18)13-9-7-4-5-8-10(9)17-2/h4-5,7-8H,3,6H2,1-2H3,(H,14,16)(H2,13,15,18). The molecule has 0 atom stereocenters. The molecule has 0 aliphatic rings. The van der Waals surface area contributed by atoms with Gasteiger partial charge in [-0.1, -0.05) is 19.1 Å². The normalized spacial score (nSPS) is 9.44. The van der Waals surface area contributed by atoms with Gasteiger partial charge in [0, 0.05) is 6.42 Å². The smallest absolute Gasteiger partial charge is 0.238 e. The van der Waals surface area contributed by atoms with Crippen LogP contribution in [0.1, 0.15) is 19.8 Å². The lowest BCUT2D eigenvalue weighted by molar-refractivity contribution is -0.121. The van der Waals surface area contributed by atoms with Crippen LogP contribution in [0.3, 0.4) is 0 Å². The molecule has 0 aromatic heterocycles. The van der Waals surface area contributed by atoms with E-state index in [1.807, 2.05) is 31.2 Å². The van der Waals surface area contributed by atoms with E-state index in [9.17, 15) is 4.79 Å². The Bertz CT molecular complexity index is 424. The van der Waals surface area contributed by atoms with Gasteiger partial charge in [-0.05, 0) is 30.8 Å². The SMILES string of the molecule is CCCC(=O)NNC(=S)Nc1ccccc1OC. The molecule has 0 fully saturated rings. The van der Waals surface area contributed by atoms with Crippen LogP contribution in [-0.4, -0.2) is 18.1 Å². The molecule has 0 heterocycles. The van der Waals surface area contributed by atoms with Crippen LogP contribution in [-0.2, 0) is 4.79 Å². The molecule has 0 unspecified atom stereocenters. The van der Waals surface area contributed by atoms with Crippen LogP contribution in [0.15, 0.2) is 24.3 Å². The second-order valence-electron chi connectivity index (χ2n) is 3.58. The first-order valence-electron chi connectivity index (χ1n) is 5.66. The summed E-state index contributed by atoms with van der Waals surface area (Å²) >= 11 is 5.05. The van der Waals surface area contributed by atoms with Crippen LogP contribution < -0.4 is 20.9 Å². The summed E-state index contributed by atoms with van der Waals surface area (Å²) in [6.45, 7) is 1.94. The quantitative estimate of drug-likeness (QED) is 0.574. The molecule has 5 nitrogen and oxygen atoms in total. The molecular weight excluding hydrogens is 250 g/mol. The van der Waals surface area contributed by atoms with Gasteiger partial charge in [0.15, 0.2) is 5.11 Å². The molecule has 0 saturated heterocycles. The van der Waals surface area contributed by atoms with Crippen molar-refractivity contribution in [3.8, 4) is 5.75 Å². The summed E-state index contributed by atoms with van der Waals surface area (Å²) in [4.78, 5) is 11.2. The van der Waals surface area contributed by atoms with Crippen molar-refractivity contribution in [1.82, 2.24) is 10.9 Å². The van der Waals surface area contributed by atoms with E-state index in [4.69, 9.17) is 17.0 Å². The summed E-state index contributed by atoms with van der Waals surface area (Å²) in [5.74, 6) is 0.586. The lowest BCUT2D eigenvalue weighted by Crippen LogP contribution is -2.43. The molecular formula is C12H17N3O2S. The Hall–Kier alpha value is -1.82. The third-order valence-corrected chi connectivity index (χ3v) is 2.35. The number of amides is 1. The van der Waals surface area contributed by atoms with Gasteiger partial charge in [-0.15, -0.1) is 0 Å². The topological polar surface area (TPSA) is 62.4 Å². The number of hydrogen-bond donors (Lipinski definition) is 3. The van der Waals surface area contributed by atoms with Gasteiger partial charge in [-0.2, -0.15) is 0 Å². The monoisotopic (exact) mass is 267 g/mol. The van der Waals surface area contributed by atoms with Crippen molar-refractivity contribution in [1.29, 1.82) is 0 Å². The molecule has 18 heavy (non-hydrogen) atoms. The number of para-hydroxylation sites is 2. The largest absolute Gasteiger partial charge is 0.495 e. The Balaban J connectivity index is 2.47. The summed E-state index contributed by atoms with van der Waals surface area (Å²) in [7, 11) is 1.58. The molecule has 1 aromatic rings. The van der Waals surface area contributed by atoms with E-state index >= 15 is 0 Å². The van der Waals surface area contributed by atoms with E-state index in [1.165, 1.54) is 0 Å². The van der Waals surface area contributed by atoms with Gasteiger partial charge in [0.2, 0.25) is 5.91 Å². The highest BCUT2D eigenvalue weighted by atomic mass is 32.1. The van der Waals surface area contributed by atoms with E-state index in [-0.39, 0.29) is 5.91 Å². The molecule has 0 spiro atoms. The Labute approximate surface area is 112 Å². The molecule has 0 bridgehead atoms. The maximum Gasteiger partial charge on any atom is 0.238 e. The maximum absolute atomic E-state index is 11.2. The summed E-state index contributed by atoms with van der Waals surface area (Å²) < 4.78 is 5.17. The van der Waals surface area contributed by atoms with Crippen LogP contribution in [0.4, 0.5) is 5.69 Å².